The van der Waals surface area contributed by atoms with E-state index in [-0.39, 0.29) is 12.5 Å². The molecule has 12 heteroatoms. The summed E-state index contributed by atoms with van der Waals surface area (Å²) in [7, 11) is 2.39. The summed E-state index contributed by atoms with van der Waals surface area (Å²) in [4.78, 5) is 64.5. The zero-order valence-corrected chi connectivity index (χ0v) is 21.5. The summed E-state index contributed by atoms with van der Waals surface area (Å²) in [5.74, 6) is -6.41. The molecule has 0 spiro atoms. The largest absolute Gasteiger partial charge is 0.453 e. The molecule has 4 atom stereocenters. The number of likely N-dealkylation sites (N-methyl/N-ethyl adjacent to an activating group) is 1. The van der Waals surface area contributed by atoms with Crippen molar-refractivity contribution in [1.29, 1.82) is 0 Å². The lowest BCUT2D eigenvalue weighted by Crippen LogP contribution is -2.63. The number of carbonyl (C=O) groups excluding carboxylic acids is 5. The fraction of sp³-hybridized carbons (Fsp3) is 0.783. The fourth-order valence-electron chi connectivity index (χ4n) is 4.01. The number of alkyl halides is 2. The van der Waals surface area contributed by atoms with Crippen molar-refractivity contribution >= 4 is 29.6 Å². The van der Waals surface area contributed by atoms with E-state index in [9.17, 15) is 32.8 Å². The molecule has 0 aliphatic carbocycles. The minimum absolute atomic E-state index is 0.266. The highest BCUT2D eigenvalue weighted by molar-refractivity contribution is 6.38. The molecule has 0 radical (unpaired) electrons. The first-order chi connectivity index (χ1) is 16.0. The van der Waals surface area contributed by atoms with Crippen LogP contribution in [0.25, 0.3) is 0 Å². The van der Waals surface area contributed by atoms with Gasteiger partial charge < -0.3 is 25.6 Å². The summed E-state index contributed by atoms with van der Waals surface area (Å²) in [6.07, 6.45) is -0.504. The molecule has 0 bridgehead atoms. The van der Waals surface area contributed by atoms with Crippen molar-refractivity contribution in [1.82, 2.24) is 20.9 Å². The van der Waals surface area contributed by atoms with Gasteiger partial charge in [0, 0.05) is 19.5 Å². The molecule has 1 aliphatic rings. The molecular weight excluding hydrogens is 466 g/mol. The number of alkyl carbamates (subject to hydrolysis) is 1. The number of likely N-dealkylation sites (tertiary alicyclic amines) is 1. The molecule has 1 rings (SSSR count). The van der Waals surface area contributed by atoms with E-state index in [0.717, 1.165) is 0 Å². The van der Waals surface area contributed by atoms with Crippen molar-refractivity contribution in [3.05, 3.63) is 0 Å². The predicted molar refractivity (Wildman–Crippen MR) is 124 cm³/mol. The molecule has 1 saturated heterocycles. The van der Waals surface area contributed by atoms with Crippen LogP contribution in [0.15, 0.2) is 0 Å². The third kappa shape index (κ3) is 8.74. The lowest BCUT2D eigenvalue weighted by atomic mass is 9.84. The van der Waals surface area contributed by atoms with Gasteiger partial charge in [-0.1, -0.05) is 20.8 Å². The van der Waals surface area contributed by atoms with E-state index in [0.29, 0.717) is 19.8 Å². The number of ether oxygens (including phenoxy) is 1. The van der Waals surface area contributed by atoms with Crippen LogP contribution in [0.1, 0.15) is 66.7 Å². The smallest absolute Gasteiger partial charge is 0.407 e. The summed E-state index contributed by atoms with van der Waals surface area (Å²) in [5.41, 5.74) is -0.728. The molecule has 1 fully saturated rings. The van der Waals surface area contributed by atoms with Crippen LogP contribution in [-0.2, 0) is 23.9 Å². The van der Waals surface area contributed by atoms with Crippen LogP contribution in [0.4, 0.5) is 13.6 Å². The van der Waals surface area contributed by atoms with Crippen LogP contribution in [0.2, 0.25) is 0 Å². The van der Waals surface area contributed by atoms with Crippen molar-refractivity contribution in [3.63, 3.8) is 0 Å². The molecule has 4 amide bonds. The average molecular weight is 505 g/mol. The number of hydrogen-bond donors (Lipinski definition) is 3. The molecule has 35 heavy (non-hydrogen) atoms. The monoisotopic (exact) mass is 504 g/mol. The third-order valence-corrected chi connectivity index (χ3v) is 5.98. The number of nitrogens with one attached hydrogen (secondary N) is 3. The first-order valence-corrected chi connectivity index (χ1v) is 11.6. The number of amides is 4. The zero-order chi connectivity index (χ0) is 27.1. The summed E-state index contributed by atoms with van der Waals surface area (Å²) < 4.78 is 31.5. The minimum atomic E-state index is -3.10. The Balaban J connectivity index is 3.24. The molecule has 3 N–H and O–H groups in total. The standard InChI is InChI=1S/C23H38F2N4O6/c1-13-9-8-10-15(29(13)20(33)17(22(2,3)4)28-21(34)35-7)18(31)27-14(11-12-23(5,24)25)16(30)19(32)26-6/h13-15,17H,8-12H2,1-7H3,(H,26,32)(H,27,31)(H,28,34)/t13?,14-,15?,17+/m0/s1. The quantitative estimate of drug-likeness (QED) is 0.410. The predicted octanol–water partition coefficient (Wildman–Crippen LogP) is 1.76. The SMILES string of the molecule is CNC(=O)C(=O)[C@H](CCC(C)(F)F)NC(=O)C1CCCC(C)N1C(=O)[C@@H](NC(=O)OC)C(C)(C)C. The molecule has 1 heterocycles. The van der Waals surface area contributed by atoms with Crippen LogP contribution >= 0.6 is 0 Å². The number of methoxy groups -OCH3 is 1. The number of ketones is 1. The third-order valence-electron chi connectivity index (χ3n) is 5.98. The number of carbonyl (C=O) groups is 5. The number of halogens is 2. The van der Waals surface area contributed by atoms with E-state index < -0.39 is 71.9 Å². The van der Waals surface area contributed by atoms with Gasteiger partial charge in [0.2, 0.25) is 23.5 Å². The van der Waals surface area contributed by atoms with E-state index >= 15 is 0 Å². The van der Waals surface area contributed by atoms with E-state index in [1.165, 1.54) is 19.1 Å². The number of hydrogen-bond acceptors (Lipinski definition) is 6. The highest BCUT2D eigenvalue weighted by atomic mass is 19.3. The Labute approximate surface area is 204 Å². The van der Waals surface area contributed by atoms with Gasteiger partial charge in [-0.15, -0.1) is 0 Å². The zero-order valence-electron chi connectivity index (χ0n) is 21.5. The Morgan fingerprint density at radius 1 is 1.06 bits per heavy atom. The second kappa shape index (κ2) is 12.3. The molecule has 0 aromatic heterocycles. The molecular formula is C23H38F2N4O6. The molecule has 2 unspecified atom stereocenters. The Bertz CT molecular complexity index is 809. The van der Waals surface area contributed by atoms with E-state index in [2.05, 4.69) is 20.7 Å². The molecule has 0 saturated carbocycles. The summed E-state index contributed by atoms with van der Waals surface area (Å²) in [6, 6.07) is -3.89. The fourth-order valence-corrected chi connectivity index (χ4v) is 4.01. The maximum atomic E-state index is 13.6. The van der Waals surface area contributed by atoms with Gasteiger partial charge in [-0.3, -0.25) is 19.2 Å². The second-order valence-corrected chi connectivity index (χ2v) is 10.1. The minimum Gasteiger partial charge on any atom is -0.453 e. The molecule has 0 aromatic carbocycles. The number of nitrogens with zero attached hydrogens (tertiary/aromatic N) is 1. The molecule has 10 nitrogen and oxygen atoms in total. The Morgan fingerprint density at radius 3 is 2.14 bits per heavy atom. The van der Waals surface area contributed by atoms with Crippen molar-refractivity contribution in [2.75, 3.05) is 14.2 Å². The van der Waals surface area contributed by atoms with Crippen molar-refractivity contribution in [2.45, 2.75) is 96.8 Å². The average Bonchev–Trinajstić information content (AvgIpc) is 2.76. The second-order valence-electron chi connectivity index (χ2n) is 10.1. The summed E-state index contributed by atoms with van der Waals surface area (Å²) in [5, 5.41) is 7.09. The van der Waals surface area contributed by atoms with Crippen molar-refractivity contribution < 1.29 is 37.5 Å². The Hall–Kier alpha value is -2.79. The van der Waals surface area contributed by atoms with Gasteiger partial charge in [0.1, 0.15) is 12.1 Å². The Morgan fingerprint density at radius 2 is 1.66 bits per heavy atom. The highest BCUT2D eigenvalue weighted by Gasteiger charge is 2.44. The molecule has 200 valence electrons. The first kappa shape index (κ1) is 30.2. The Kier molecular flexibility index (Phi) is 10.6. The van der Waals surface area contributed by atoms with Crippen LogP contribution in [-0.4, -0.2) is 78.7 Å². The van der Waals surface area contributed by atoms with Crippen molar-refractivity contribution in [2.24, 2.45) is 5.41 Å². The van der Waals surface area contributed by atoms with E-state index in [1.54, 1.807) is 27.7 Å². The van der Waals surface area contributed by atoms with Crippen LogP contribution in [0, 0.1) is 5.41 Å². The normalized spacial score (nSPS) is 20.3. The number of Topliss-reactive ketones (excluding diaryl/α,β-unsaturated/α-hetero) is 1. The molecule has 0 aromatic rings. The van der Waals surface area contributed by atoms with Crippen LogP contribution < -0.4 is 16.0 Å². The maximum Gasteiger partial charge on any atom is 0.407 e. The van der Waals surface area contributed by atoms with Crippen LogP contribution in [0.5, 0.6) is 0 Å². The van der Waals surface area contributed by atoms with Crippen molar-refractivity contribution in [3.8, 4) is 0 Å². The number of rotatable bonds is 9. The molecule has 1 aliphatic heterocycles. The van der Waals surface area contributed by atoms with Gasteiger partial charge >= 0.3 is 6.09 Å². The van der Waals surface area contributed by atoms with Gasteiger partial charge in [0.05, 0.1) is 13.2 Å². The topological polar surface area (TPSA) is 134 Å². The first-order valence-electron chi connectivity index (χ1n) is 11.6. The van der Waals surface area contributed by atoms with Gasteiger partial charge in [-0.05, 0) is 44.9 Å². The highest BCUT2D eigenvalue weighted by Crippen LogP contribution is 2.29. The van der Waals surface area contributed by atoms with E-state index in [1.807, 2.05) is 0 Å². The maximum absolute atomic E-state index is 13.6. The van der Waals surface area contributed by atoms with Gasteiger partial charge in [0.15, 0.2) is 0 Å². The lowest BCUT2D eigenvalue weighted by molar-refractivity contribution is -0.150. The van der Waals surface area contributed by atoms with Gasteiger partial charge in [-0.25, -0.2) is 13.6 Å². The van der Waals surface area contributed by atoms with Gasteiger partial charge in [0.25, 0.3) is 5.91 Å². The summed E-state index contributed by atoms with van der Waals surface area (Å²) in [6.45, 7) is 7.69. The van der Waals surface area contributed by atoms with Gasteiger partial charge in [-0.2, -0.15) is 0 Å². The van der Waals surface area contributed by atoms with Crippen LogP contribution in [0.3, 0.4) is 0 Å². The van der Waals surface area contributed by atoms with E-state index in [4.69, 9.17) is 0 Å². The summed E-state index contributed by atoms with van der Waals surface area (Å²) >= 11 is 0. The lowest BCUT2D eigenvalue weighted by Gasteiger charge is -2.44. The number of piperidine rings is 1.